The van der Waals surface area contributed by atoms with Crippen LogP contribution >= 0.6 is 0 Å². The van der Waals surface area contributed by atoms with E-state index in [0.717, 1.165) is 18.4 Å². The van der Waals surface area contributed by atoms with E-state index < -0.39 is 6.10 Å². The zero-order chi connectivity index (χ0) is 14.4. The zero-order valence-electron chi connectivity index (χ0n) is 11.4. The van der Waals surface area contributed by atoms with E-state index in [9.17, 15) is 9.90 Å². The second kappa shape index (κ2) is 7.26. The Morgan fingerprint density at radius 2 is 2.15 bits per heavy atom. The van der Waals surface area contributed by atoms with Crippen LogP contribution in [0.25, 0.3) is 0 Å². The minimum Gasteiger partial charge on any atom is -0.445 e. The first kappa shape index (κ1) is 14.8. The van der Waals surface area contributed by atoms with Crippen molar-refractivity contribution in [2.24, 2.45) is 0 Å². The van der Waals surface area contributed by atoms with Crippen molar-refractivity contribution >= 4 is 6.09 Å². The smallest absolute Gasteiger partial charge is 0.410 e. The second-order valence-corrected chi connectivity index (χ2v) is 5.10. The molecule has 2 atom stereocenters. The number of carbonyl (C=O) groups is 1. The molecule has 0 radical (unpaired) electrons. The van der Waals surface area contributed by atoms with Gasteiger partial charge in [0.1, 0.15) is 6.61 Å². The first-order valence-corrected chi connectivity index (χ1v) is 6.97. The predicted molar refractivity (Wildman–Crippen MR) is 74.1 cm³/mol. The first-order valence-electron chi connectivity index (χ1n) is 6.97. The molecule has 5 nitrogen and oxygen atoms in total. The minimum absolute atomic E-state index is 0.0413. The van der Waals surface area contributed by atoms with Gasteiger partial charge in [-0.15, -0.1) is 0 Å². The zero-order valence-corrected chi connectivity index (χ0v) is 11.4. The number of hydrogen-bond donors (Lipinski definition) is 2. The fraction of sp³-hybridized carbons (Fsp3) is 0.533. The van der Waals surface area contributed by atoms with Crippen molar-refractivity contribution in [3.05, 3.63) is 35.9 Å². The molecule has 2 N–H and O–H groups in total. The molecule has 1 aliphatic rings. The Balaban J connectivity index is 1.84. The fourth-order valence-corrected chi connectivity index (χ4v) is 2.51. The highest BCUT2D eigenvalue weighted by Crippen LogP contribution is 2.22. The molecular formula is C15H21NO4. The van der Waals surface area contributed by atoms with Gasteiger partial charge in [0, 0.05) is 12.6 Å². The maximum Gasteiger partial charge on any atom is 0.410 e. The van der Waals surface area contributed by atoms with Gasteiger partial charge in [0.05, 0.1) is 12.7 Å². The van der Waals surface area contributed by atoms with E-state index in [1.807, 2.05) is 30.3 Å². The van der Waals surface area contributed by atoms with E-state index in [1.165, 1.54) is 0 Å². The van der Waals surface area contributed by atoms with Crippen LogP contribution in [-0.4, -0.2) is 46.5 Å². The van der Waals surface area contributed by atoms with Crippen LogP contribution in [0.3, 0.4) is 0 Å². The van der Waals surface area contributed by atoms with E-state index >= 15 is 0 Å². The molecule has 1 amide bonds. The van der Waals surface area contributed by atoms with Crippen LogP contribution in [0.5, 0.6) is 0 Å². The van der Waals surface area contributed by atoms with E-state index in [-0.39, 0.29) is 25.3 Å². The van der Waals surface area contributed by atoms with Crippen LogP contribution in [0.15, 0.2) is 30.3 Å². The summed E-state index contributed by atoms with van der Waals surface area (Å²) < 4.78 is 5.30. The Morgan fingerprint density at radius 3 is 2.85 bits per heavy atom. The third kappa shape index (κ3) is 3.95. The average Bonchev–Trinajstić information content (AvgIpc) is 2.94. The molecule has 2 rings (SSSR count). The van der Waals surface area contributed by atoms with Gasteiger partial charge >= 0.3 is 6.09 Å². The van der Waals surface area contributed by atoms with Crippen LogP contribution in [0.1, 0.15) is 24.8 Å². The van der Waals surface area contributed by atoms with Crippen LogP contribution in [-0.2, 0) is 11.3 Å². The van der Waals surface area contributed by atoms with Crippen LogP contribution in [0.4, 0.5) is 4.79 Å². The molecule has 0 aliphatic carbocycles. The summed E-state index contributed by atoms with van der Waals surface area (Å²) in [6.07, 6.45) is 1.03. The Labute approximate surface area is 118 Å². The summed E-state index contributed by atoms with van der Waals surface area (Å²) in [6, 6.07) is 9.49. The van der Waals surface area contributed by atoms with Gasteiger partial charge in [-0.2, -0.15) is 0 Å². The van der Waals surface area contributed by atoms with Crippen molar-refractivity contribution in [1.29, 1.82) is 0 Å². The number of likely N-dealkylation sites (tertiary alicyclic amines) is 1. The lowest BCUT2D eigenvalue weighted by atomic mass is 10.1. The number of aliphatic hydroxyl groups is 2. The number of rotatable bonds is 5. The Kier molecular flexibility index (Phi) is 5.38. The molecule has 110 valence electrons. The predicted octanol–water partition coefficient (Wildman–Crippen LogP) is 1.53. The average molecular weight is 279 g/mol. The number of aliphatic hydroxyl groups excluding tert-OH is 2. The topological polar surface area (TPSA) is 70.0 Å². The molecule has 0 bridgehead atoms. The molecule has 0 spiro atoms. The molecule has 5 heteroatoms. The van der Waals surface area contributed by atoms with Gasteiger partial charge in [0.2, 0.25) is 0 Å². The molecule has 1 heterocycles. The lowest BCUT2D eigenvalue weighted by Gasteiger charge is -2.25. The van der Waals surface area contributed by atoms with E-state index in [2.05, 4.69) is 0 Å². The van der Waals surface area contributed by atoms with E-state index in [0.29, 0.717) is 13.0 Å². The highest BCUT2D eigenvalue weighted by Gasteiger charge is 2.31. The van der Waals surface area contributed by atoms with Crippen LogP contribution in [0.2, 0.25) is 0 Å². The molecule has 1 aromatic rings. The molecule has 0 unspecified atom stereocenters. The maximum absolute atomic E-state index is 12.1. The molecule has 1 aromatic carbocycles. The van der Waals surface area contributed by atoms with Gasteiger partial charge in [-0.3, -0.25) is 0 Å². The third-order valence-corrected chi connectivity index (χ3v) is 3.57. The van der Waals surface area contributed by atoms with Crippen molar-refractivity contribution in [3.8, 4) is 0 Å². The lowest BCUT2D eigenvalue weighted by molar-refractivity contribution is 0.0538. The summed E-state index contributed by atoms with van der Waals surface area (Å²) in [7, 11) is 0. The third-order valence-electron chi connectivity index (χ3n) is 3.57. The first-order chi connectivity index (χ1) is 9.70. The number of nitrogens with zero attached hydrogens (tertiary/aromatic N) is 1. The second-order valence-electron chi connectivity index (χ2n) is 5.10. The molecular weight excluding hydrogens is 258 g/mol. The van der Waals surface area contributed by atoms with Gasteiger partial charge in [-0.1, -0.05) is 30.3 Å². The highest BCUT2D eigenvalue weighted by atomic mass is 16.6. The molecule has 20 heavy (non-hydrogen) atoms. The SMILES string of the molecule is O=C(OCc1ccccc1)N1CCC[C@H]1C[C@H](O)CO. The highest BCUT2D eigenvalue weighted by molar-refractivity contribution is 5.68. The van der Waals surface area contributed by atoms with Crippen molar-refractivity contribution < 1.29 is 19.7 Å². The molecule has 0 saturated carbocycles. The van der Waals surface area contributed by atoms with Crippen molar-refractivity contribution in [2.75, 3.05) is 13.2 Å². The van der Waals surface area contributed by atoms with E-state index in [4.69, 9.17) is 9.84 Å². The van der Waals surface area contributed by atoms with Crippen LogP contribution < -0.4 is 0 Å². The fourth-order valence-electron chi connectivity index (χ4n) is 2.51. The molecule has 1 aliphatic heterocycles. The number of carbonyl (C=O) groups excluding carboxylic acids is 1. The van der Waals surface area contributed by atoms with Gasteiger partial charge in [-0.05, 0) is 24.8 Å². The summed E-state index contributed by atoms with van der Waals surface area (Å²) in [5, 5.41) is 18.4. The summed E-state index contributed by atoms with van der Waals surface area (Å²) in [5.74, 6) is 0. The summed E-state index contributed by atoms with van der Waals surface area (Å²) in [4.78, 5) is 13.7. The number of benzene rings is 1. The van der Waals surface area contributed by atoms with Crippen LogP contribution in [0, 0.1) is 0 Å². The van der Waals surface area contributed by atoms with Gasteiger partial charge in [0.25, 0.3) is 0 Å². The Hall–Kier alpha value is -1.59. The number of ether oxygens (including phenoxy) is 1. The number of hydrogen-bond acceptors (Lipinski definition) is 4. The standard InChI is InChI=1S/C15H21NO4/c17-10-14(18)9-13-7-4-8-16(13)15(19)20-11-12-5-2-1-3-6-12/h1-3,5-6,13-14,17-18H,4,7-11H2/t13-,14-/m0/s1. The Bertz CT molecular complexity index is 423. The summed E-state index contributed by atoms with van der Waals surface area (Å²) >= 11 is 0. The summed E-state index contributed by atoms with van der Waals surface area (Å²) in [6.45, 7) is 0.630. The summed E-state index contributed by atoms with van der Waals surface area (Å²) in [5.41, 5.74) is 0.951. The Morgan fingerprint density at radius 1 is 1.40 bits per heavy atom. The minimum atomic E-state index is -0.775. The lowest BCUT2D eigenvalue weighted by Crippen LogP contribution is -2.38. The molecule has 0 aromatic heterocycles. The number of amides is 1. The van der Waals surface area contributed by atoms with Gasteiger partial charge in [-0.25, -0.2) is 4.79 Å². The largest absolute Gasteiger partial charge is 0.445 e. The van der Waals surface area contributed by atoms with Gasteiger partial charge < -0.3 is 19.8 Å². The quantitative estimate of drug-likeness (QED) is 0.857. The molecule has 1 fully saturated rings. The maximum atomic E-state index is 12.1. The van der Waals surface area contributed by atoms with Crippen molar-refractivity contribution in [1.82, 2.24) is 4.90 Å². The normalized spacial score (nSPS) is 19.9. The van der Waals surface area contributed by atoms with Crippen molar-refractivity contribution in [2.45, 2.75) is 38.0 Å². The van der Waals surface area contributed by atoms with Crippen molar-refractivity contribution in [3.63, 3.8) is 0 Å². The monoisotopic (exact) mass is 279 g/mol. The molecule has 1 saturated heterocycles. The van der Waals surface area contributed by atoms with Gasteiger partial charge in [0.15, 0.2) is 0 Å². The van der Waals surface area contributed by atoms with E-state index in [1.54, 1.807) is 4.90 Å².